The number of nitrogens with zero attached hydrogens (tertiary/aromatic N) is 3. The Morgan fingerprint density at radius 2 is 1.96 bits per heavy atom. The van der Waals surface area contributed by atoms with Crippen LogP contribution in [-0.4, -0.2) is 49.1 Å². The summed E-state index contributed by atoms with van der Waals surface area (Å²) in [4.78, 5) is 10.0. The van der Waals surface area contributed by atoms with E-state index >= 15 is 0 Å². The maximum atomic E-state index is 12.6. The van der Waals surface area contributed by atoms with Gasteiger partial charge in [0.2, 0.25) is 0 Å². The van der Waals surface area contributed by atoms with Crippen molar-refractivity contribution in [3.63, 3.8) is 0 Å². The third-order valence-electron chi connectivity index (χ3n) is 4.29. The van der Waals surface area contributed by atoms with Crippen LogP contribution in [0.2, 0.25) is 0 Å². The van der Waals surface area contributed by atoms with E-state index in [1.807, 2.05) is 18.2 Å². The van der Waals surface area contributed by atoms with E-state index in [9.17, 15) is 13.2 Å². The number of thiazole rings is 1. The Labute approximate surface area is 167 Å². The van der Waals surface area contributed by atoms with Gasteiger partial charge in [0.15, 0.2) is 11.7 Å². The molecule has 2 rings (SSSR count). The molecule has 154 valence electrons. The number of likely N-dealkylation sites (N-methyl/N-ethyl adjacent to an activating group) is 1. The highest BCUT2D eigenvalue weighted by atomic mass is 32.1. The topological polar surface area (TPSA) is 52.6 Å². The van der Waals surface area contributed by atoms with Crippen molar-refractivity contribution in [1.82, 2.24) is 20.5 Å². The molecule has 0 amide bonds. The number of aliphatic imine (C=N–C) groups is 1. The molecule has 0 fully saturated rings. The van der Waals surface area contributed by atoms with Gasteiger partial charge >= 0.3 is 6.18 Å². The molecule has 0 spiro atoms. The summed E-state index contributed by atoms with van der Waals surface area (Å²) in [6, 6.07) is 10.5. The molecule has 0 bridgehead atoms. The lowest BCUT2D eigenvalue weighted by atomic mass is 10.2. The Kier molecular flexibility index (Phi) is 8.25. The highest BCUT2D eigenvalue weighted by Crippen LogP contribution is 2.29. The average Bonchev–Trinajstić information content (AvgIpc) is 3.14. The molecule has 2 N–H and O–H groups in total. The maximum Gasteiger partial charge on any atom is 0.434 e. The fourth-order valence-electron chi connectivity index (χ4n) is 2.49. The molecule has 0 aliphatic carbocycles. The van der Waals surface area contributed by atoms with Gasteiger partial charge in [0.05, 0.1) is 5.01 Å². The van der Waals surface area contributed by atoms with E-state index in [4.69, 9.17) is 0 Å². The third-order valence-corrected chi connectivity index (χ3v) is 5.20. The first-order chi connectivity index (χ1) is 13.3. The van der Waals surface area contributed by atoms with Crippen LogP contribution in [0.3, 0.4) is 0 Å². The highest BCUT2D eigenvalue weighted by Gasteiger charge is 2.33. The number of nitrogens with one attached hydrogen (secondary N) is 2. The fraction of sp³-hybridized carbons (Fsp3) is 0.474. The van der Waals surface area contributed by atoms with Crippen LogP contribution in [0.15, 0.2) is 40.7 Å². The van der Waals surface area contributed by atoms with E-state index < -0.39 is 11.9 Å². The van der Waals surface area contributed by atoms with E-state index in [2.05, 4.69) is 51.6 Å². The van der Waals surface area contributed by atoms with E-state index in [-0.39, 0.29) is 6.04 Å². The predicted molar refractivity (Wildman–Crippen MR) is 108 cm³/mol. The van der Waals surface area contributed by atoms with E-state index in [0.717, 1.165) is 23.3 Å². The minimum atomic E-state index is -4.39. The van der Waals surface area contributed by atoms with Gasteiger partial charge in [-0.05, 0) is 19.5 Å². The highest BCUT2D eigenvalue weighted by molar-refractivity contribution is 7.09. The Morgan fingerprint density at radius 3 is 2.57 bits per heavy atom. The maximum absolute atomic E-state index is 12.6. The quantitative estimate of drug-likeness (QED) is 0.515. The van der Waals surface area contributed by atoms with Gasteiger partial charge in [0.25, 0.3) is 0 Å². The SMILES string of the molecule is CN=C(NCCc1nc(C(F)(F)F)cs1)NCC(C)N(C)Cc1ccccc1. The van der Waals surface area contributed by atoms with Crippen LogP contribution in [0.4, 0.5) is 13.2 Å². The van der Waals surface area contributed by atoms with Crippen LogP contribution in [0, 0.1) is 0 Å². The summed E-state index contributed by atoms with van der Waals surface area (Å²) >= 11 is 1.02. The molecule has 1 aromatic carbocycles. The molecule has 0 saturated carbocycles. The lowest BCUT2D eigenvalue weighted by molar-refractivity contribution is -0.140. The average molecular weight is 414 g/mol. The molecule has 1 heterocycles. The molecule has 9 heteroatoms. The number of benzene rings is 1. The summed E-state index contributed by atoms with van der Waals surface area (Å²) in [5, 5.41) is 7.87. The van der Waals surface area contributed by atoms with E-state index in [1.54, 1.807) is 7.05 Å². The summed E-state index contributed by atoms with van der Waals surface area (Å²) in [6.45, 7) is 4.12. The number of aromatic nitrogens is 1. The van der Waals surface area contributed by atoms with Gasteiger partial charge in [-0.2, -0.15) is 13.2 Å². The standard InChI is InChI=1S/C19H26F3N5S/c1-14(27(3)12-15-7-5-4-6-8-15)11-25-18(23-2)24-10-9-17-26-16(13-28-17)19(20,21)22/h4-8,13-14H,9-12H2,1-3H3,(H2,23,24,25). The van der Waals surface area contributed by atoms with Crippen molar-refractivity contribution in [3.05, 3.63) is 52.0 Å². The molecule has 2 aromatic rings. The van der Waals surface area contributed by atoms with Crippen molar-refractivity contribution in [2.24, 2.45) is 4.99 Å². The minimum absolute atomic E-state index is 0.270. The Morgan fingerprint density at radius 1 is 1.25 bits per heavy atom. The molecule has 0 saturated heterocycles. The normalized spacial score (nSPS) is 13.6. The van der Waals surface area contributed by atoms with Crippen LogP contribution in [-0.2, 0) is 19.1 Å². The first-order valence-electron chi connectivity index (χ1n) is 9.00. The second kappa shape index (κ2) is 10.4. The van der Waals surface area contributed by atoms with Gasteiger partial charge in [-0.3, -0.25) is 9.89 Å². The fourth-order valence-corrected chi connectivity index (χ4v) is 3.30. The Bertz CT molecular complexity index is 746. The van der Waals surface area contributed by atoms with Crippen molar-refractivity contribution < 1.29 is 13.2 Å². The Hall–Kier alpha value is -2.13. The molecule has 0 radical (unpaired) electrons. The van der Waals surface area contributed by atoms with Gasteiger partial charge in [-0.15, -0.1) is 11.3 Å². The van der Waals surface area contributed by atoms with Gasteiger partial charge in [-0.1, -0.05) is 30.3 Å². The second-order valence-corrected chi connectivity index (χ2v) is 7.45. The third kappa shape index (κ3) is 7.12. The molecule has 5 nitrogen and oxygen atoms in total. The van der Waals surface area contributed by atoms with Crippen LogP contribution in [0.5, 0.6) is 0 Å². The summed E-state index contributed by atoms with van der Waals surface area (Å²) in [7, 11) is 3.73. The van der Waals surface area contributed by atoms with Crippen molar-refractivity contribution in [1.29, 1.82) is 0 Å². The van der Waals surface area contributed by atoms with Crippen LogP contribution < -0.4 is 10.6 Å². The first-order valence-corrected chi connectivity index (χ1v) is 9.88. The summed E-state index contributed by atoms with van der Waals surface area (Å²) in [5.41, 5.74) is 0.423. The number of hydrogen-bond acceptors (Lipinski definition) is 4. The molecular formula is C19H26F3N5S. The molecule has 0 aliphatic rings. The van der Waals surface area contributed by atoms with Crippen LogP contribution in [0.1, 0.15) is 23.2 Å². The van der Waals surface area contributed by atoms with Crippen LogP contribution in [0.25, 0.3) is 0 Å². The summed E-state index contributed by atoms with van der Waals surface area (Å²) < 4.78 is 37.7. The van der Waals surface area contributed by atoms with Gasteiger partial charge in [-0.25, -0.2) is 4.98 Å². The Balaban J connectivity index is 1.72. The zero-order chi connectivity index (χ0) is 20.6. The summed E-state index contributed by atoms with van der Waals surface area (Å²) in [5.74, 6) is 0.618. The molecular weight excluding hydrogens is 387 g/mol. The smallest absolute Gasteiger partial charge is 0.356 e. The largest absolute Gasteiger partial charge is 0.434 e. The zero-order valence-electron chi connectivity index (χ0n) is 16.3. The van der Waals surface area contributed by atoms with Gasteiger partial charge in [0, 0.05) is 44.5 Å². The van der Waals surface area contributed by atoms with E-state index in [0.29, 0.717) is 30.5 Å². The van der Waals surface area contributed by atoms with Crippen molar-refractivity contribution >= 4 is 17.3 Å². The first kappa shape index (κ1) is 22.2. The number of halogens is 3. The predicted octanol–water partition coefficient (Wildman–Crippen LogP) is 3.39. The monoisotopic (exact) mass is 413 g/mol. The number of rotatable bonds is 8. The molecule has 0 aliphatic heterocycles. The molecule has 1 atom stereocenters. The van der Waals surface area contributed by atoms with E-state index in [1.165, 1.54) is 5.56 Å². The second-order valence-electron chi connectivity index (χ2n) is 6.50. The molecule has 1 aromatic heterocycles. The van der Waals surface area contributed by atoms with Crippen molar-refractivity contribution in [3.8, 4) is 0 Å². The van der Waals surface area contributed by atoms with Gasteiger partial charge in [0.1, 0.15) is 0 Å². The van der Waals surface area contributed by atoms with Crippen molar-refractivity contribution in [2.45, 2.75) is 32.1 Å². The minimum Gasteiger partial charge on any atom is -0.356 e. The van der Waals surface area contributed by atoms with Crippen molar-refractivity contribution in [2.75, 3.05) is 27.2 Å². The zero-order valence-corrected chi connectivity index (χ0v) is 17.1. The lowest BCUT2D eigenvalue weighted by Gasteiger charge is -2.25. The number of hydrogen-bond donors (Lipinski definition) is 2. The molecule has 28 heavy (non-hydrogen) atoms. The number of guanidine groups is 1. The van der Waals surface area contributed by atoms with Gasteiger partial charge < -0.3 is 10.6 Å². The number of alkyl halides is 3. The van der Waals surface area contributed by atoms with Crippen LogP contribution >= 0.6 is 11.3 Å². The summed E-state index contributed by atoms with van der Waals surface area (Å²) in [6.07, 6.45) is -3.98. The lowest BCUT2D eigenvalue weighted by Crippen LogP contribution is -2.45. The molecule has 1 unspecified atom stereocenters.